The van der Waals surface area contributed by atoms with Gasteiger partial charge in [-0.3, -0.25) is 9.78 Å². The van der Waals surface area contributed by atoms with Crippen LogP contribution in [0.25, 0.3) is 17.4 Å². The fourth-order valence-corrected chi connectivity index (χ4v) is 2.57. The molecule has 0 aromatic carbocycles. The fraction of sp³-hybridized carbons (Fsp3) is 0.0588. The SMILES string of the molecule is O=C(/C=C/c1cccs1)NCc1cncc(-c2ccco2)c1. The number of nitrogens with zero attached hydrogens (tertiary/aromatic N) is 1. The minimum Gasteiger partial charge on any atom is -0.464 e. The Balaban J connectivity index is 1.59. The highest BCUT2D eigenvalue weighted by Gasteiger charge is 2.03. The maximum absolute atomic E-state index is 11.8. The number of furan rings is 1. The van der Waals surface area contributed by atoms with Gasteiger partial charge in [0.15, 0.2) is 0 Å². The molecule has 110 valence electrons. The van der Waals surface area contributed by atoms with Gasteiger partial charge in [0.2, 0.25) is 5.91 Å². The van der Waals surface area contributed by atoms with Crippen molar-refractivity contribution in [3.8, 4) is 11.3 Å². The van der Waals surface area contributed by atoms with E-state index < -0.39 is 0 Å². The van der Waals surface area contributed by atoms with Crippen LogP contribution in [0.3, 0.4) is 0 Å². The Morgan fingerprint density at radius 1 is 1.32 bits per heavy atom. The Morgan fingerprint density at radius 2 is 2.27 bits per heavy atom. The van der Waals surface area contributed by atoms with Crippen molar-refractivity contribution in [3.05, 3.63) is 70.9 Å². The molecule has 3 rings (SSSR count). The number of thiophene rings is 1. The zero-order valence-electron chi connectivity index (χ0n) is 11.7. The summed E-state index contributed by atoms with van der Waals surface area (Å²) in [5, 5.41) is 4.82. The topological polar surface area (TPSA) is 55.1 Å². The van der Waals surface area contributed by atoms with E-state index in [0.29, 0.717) is 6.54 Å². The molecule has 0 bridgehead atoms. The van der Waals surface area contributed by atoms with E-state index in [2.05, 4.69) is 10.3 Å². The van der Waals surface area contributed by atoms with Crippen LogP contribution in [0, 0.1) is 0 Å². The number of nitrogens with one attached hydrogen (secondary N) is 1. The molecule has 0 atom stereocenters. The van der Waals surface area contributed by atoms with Crippen molar-refractivity contribution in [2.45, 2.75) is 6.54 Å². The van der Waals surface area contributed by atoms with Crippen molar-refractivity contribution < 1.29 is 9.21 Å². The van der Waals surface area contributed by atoms with E-state index in [4.69, 9.17) is 4.42 Å². The normalized spacial score (nSPS) is 10.9. The Kier molecular flexibility index (Phi) is 4.46. The van der Waals surface area contributed by atoms with E-state index in [0.717, 1.165) is 21.8 Å². The van der Waals surface area contributed by atoms with Crippen LogP contribution in [0.4, 0.5) is 0 Å². The van der Waals surface area contributed by atoms with Crippen LogP contribution in [-0.4, -0.2) is 10.9 Å². The number of aromatic nitrogens is 1. The average molecular weight is 310 g/mol. The third-order valence-corrected chi connectivity index (χ3v) is 3.85. The number of carbonyl (C=O) groups excluding carboxylic acids is 1. The van der Waals surface area contributed by atoms with Crippen molar-refractivity contribution in [1.29, 1.82) is 0 Å². The molecule has 3 aromatic heterocycles. The summed E-state index contributed by atoms with van der Waals surface area (Å²) in [4.78, 5) is 17.0. The van der Waals surface area contributed by atoms with E-state index in [1.807, 2.05) is 35.7 Å². The molecule has 0 aliphatic heterocycles. The first-order chi connectivity index (χ1) is 10.8. The second kappa shape index (κ2) is 6.87. The van der Waals surface area contributed by atoms with Gasteiger partial charge in [-0.2, -0.15) is 0 Å². The van der Waals surface area contributed by atoms with Crippen molar-refractivity contribution in [2.24, 2.45) is 0 Å². The highest BCUT2D eigenvalue weighted by atomic mass is 32.1. The highest BCUT2D eigenvalue weighted by Crippen LogP contribution is 2.19. The molecular weight excluding hydrogens is 296 g/mol. The van der Waals surface area contributed by atoms with Crippen LogP contribution in [0.1, 0.15) is 10.4 Å². The molecule has 1 N–H and O–H groups in total. The largest absolute Gasteiger partial charge is 0.464 e. The predicted octanol–water partition coefficient (Wildman–Crippen LogP) is 3.73. The van der Waals surface area contributed by atoms with Crippen LogP contribution in [0.15, 0.2) is 64.9 Å². The number of amides is 1. The van der Waals surface area contributed by atoms with Gasteiger partial charge >= 0.3 is 0 Å². The summed E-state index contributed by atoms with van der Waals surface area (Å²) in [6.07, 6.45) is 8.43. The van der Waals surface area contributed by atoms with E-state index in [1.165, 1.54) is 6.08 Å². The van der Waals surface area contributed by atoms with Crippen molar-refractivity contribution >= 4 is 23.3 Å². The number of hydrogen-bond acceptors (Lipinski definition) is 4. The first-order valence-corrected chi connectivity index (χ1v) is 7.66. The van der Waals surface area contributed by atoms with Crippen molar-refractivity contribution in [3.63, 3.8) is 0 Å². The van der Waals surface area contributed by atoms with Crippen LogP contribution in [0.5, 0.6) is 0 Å². The minimum absolute atomic E-state index is 0.128. The number of hydrogen-bond donors (Lipinski definition) is 1. The molecule has 0 unspecified atom stereocenters. The standard InChI is InChI=1S/C17H14N2O2S/c20-17(6-5-15-3-2-8-22-15)19-11-13-9-14(12-18-10-13)16-4-1-7-21-16/h1-10,12H,11H2,(H,19,20)/b6-5+. The second-order valence-electron chi connectivity index (χ2n) is 4.63. The van der Waals surface area contributed by atoms with Crippen molar-refractivity contribution in [2.75, 3.05) is 0 Å². The monoisotopic (exact) mass is 310 g/mol. The lowest BCUT2D eigenvalue weighted by Gasteiger charge is -2.04. The highest BCUT2D eigenvalue weighted by molar-refractivity contribution is 7.10. The summed E-state index contributed by atoms with van der Waals surface area (Å²) in [6, 6.07) is 9.58. The summed E-state index contributed by atoms with van der Waals surface area (Å²) < 4.78 is 5.34. The zero-order valence-corrected chi connectivity index (χ0v) is 12.5. The molecule has 0 fully saturated rings. The van der Waals surface area contributed by atoms with E-state index in [9.17, 15) is 4.79 Å². The molecule has 4 nitrogen and oxygen atoms in total. The van der Waals surface area contributed by atoms with Crippen LogP contribution < -0.4 is 5.32 Å². The predicted molar refractivity (Wildman–Crippen MR) is 87.1 cm³/mol. The lowest BCUT2D eigenvalue weighted by molar-refractivity contribution is -0.116. The van der Waals surface area contributed by atoms with Crippen LogP contribution in [0.2, 0.25) is 0 Å². The Morgan fingerprint density at radius 3 is 3.05 bits per heavy atom. The molecule has 3 aromatic rings. The van der Waals surface area contributed by atoms with E-state index >= 15 is 0 Å². The number of pyridine rings is 1. The van der Waals surface area contributed by atoms with Gasteiger partial charge in [0, 0.05) is 35.5 Å². The molecule has 0 radical (unpaired) electrons. The summed E-state index contributed by atoms with van der Waals surface area (Å²) >= 11 is 1.59. The molecule has 0 saturated heterocycles. The average Bonchev–Trinajstić information content (AvgIpc) is 3.24. The lowest BCUT2D eigenvalue weighted by Crippen LogP contribution is -2.20. The van der Waals surface area contributed by atoms with Gasteiger partial charge in [-0.1, -0.05) is 6.07 Å². The minimum atomic E-state index is -0.128. The molecular formula is C17H14N2O2S. The summed E-state index contributed by atoms with van der Waals surface area (Å²) in [5.74, 6) is 0.634. The van der Waals surface area contributed by atoms with Gasteiger partial charge in [-0.05, 0) is 41.3 Å². The van der Waals surface area contributed by atoms with Crippen LogP contribution >= 0.6 is 11.3 Å². The van der Waals surface area contributed by atoms with Crippen LogP contribution in [-0.2, 0) is 11.3 Å². The van der Waals surface area contributed by atoms with E-state index in [1.54, 1.807) is 36.1 Å². The Bertz CT molecular complexity index is 762. The fourth-order valence-electron chi connectivity index (χ4n) is 1.95. The van der Waals surface area contributed by atoms with Gasteiger partial charge in [-0.25, -0.2) is 0 Å². The number of rotatable bonds is 5. The lowest BCUT2D eigenvalue weighted by atomic mass is 10.1. The smallest absolute Gasteiger partial charge is 0.244 e. The quantitative estimate of drug-likeness (QED) is 0.731. The zero-order chi connectivity index (χ0) is 15.2. The summed E-state index contributed by atoms with van der Waals surface area (Å²) in [5.41, 5.74) is 1.82. The molecule has 0 saturated carbocycles. The van der Waals surface area contributed by atoms with Gasteiger partial charge in [-0.15, -0.1) is 11.3 Å². The third kappa shape index (κ3) is 3.71. The maximum atomic E-state index is 11.8. The molecule has 0 aliphatic carbocycles. The second-order valence-corrected chi connectivity index (χ2v) is 5.60. The molecule has 3 heterocycles. The van der Waals surface area contributed by atoms with E-state index in [-0.39, 0.29) is 5.91 Å². The molecule has 5 heteroatoms. The molecule has 0 spiro atoms. The first-order valence-electron chi connectivity index (χ1n) is 6.78. The first kappa shape index (κ1) is 14.3. The Labute approximate surface area is 132 Å². The van der Waals surface area contributed by atoms with Gasteiger partial charge < -0.3 is 9.73 Å². The molecule has 22 heavy (non-hydrogen) atoms. The van der Waals surface area contributed by atoms with Crippen molar-refractivity contribution in [1.82, 2.24) is 10.3 Å². The summed E-state index contributed by atoms with van der Waals surface area (Å²) in [6.45, 7) is 0.426. The Hall–Kier alpha value is -2.66. The third-order valence-electron chi connectivity index (χ3n) is 3.01. The molecule has 1 amide bonds. The molecule has 0 aliphatic rings. The maximum Gasteiger partial charge on any atom is 0.244 e. The van der Waals surface area contributed by atoms with Gasteiger partial charge in [0.05, 0.1) is 6.26 Å². The van der Waals surface area contributed by atoms with Gasteiger partial charge in [0.1, 0.15) is 5.76 Å². The number of carbonyl (C=O) groups is 1. The summed E-state index contributed by atoms with van der Waals surface area (Å²) in [7, 11) is 0. The van der Waals surface area contributed by atoms with Gasteiger partial charge in [0.25, 0.3) is 0 Å².